The second kappa shape index (κ2) is 5.34. The molecule has 0 aliphatic heterocycles. The molecule has 2 aromatic heterocycles. The van der Waals surface area contributed by atoms with Crippen LogP contribution in [0.2, 0.25) is 0 Å². The van der Waals surface area contributed by atoms with Crippen LogP contribution < -0.4 is 5.56 Å². The van der Waals surface area contributed by atoms with Gasteiger partial charge in [-0.2, -0.15) is 0 Å². The second-order valence-electron chi connectivity index (χ2n) is 4.71. The van der Waals surface area contributed by atoms with Gasteiger partial charge in [0.2, 0.25) is 0 Å². The molecule has 0 saturated heterocycles. The highest BCUT2D eigenvalue weighted by atomic mass is 16.6. The largest absolute Gasteiger partial charge is 0.349 e. The third kappa shape index (κ3) is 2.22. The molecule has 2 heterocycles. The predicted molar refractivity (Wildman–Crippen MR) is 82.4 cm³/mol. The minimum absolute atomic E-state index is 0.00644. The van der Waals surface area contributed by atoms with Gasteiger partial charge in [-0.05, 0) is 17.7 Å². The molecule has 0 radical (unpaired) electrons. The lowest BCUT2D eigenvalue weighted by Gasteiger charge is -2.08. The van der Waals surface area contributed by atoms with Crippen LogP contribution >= 0.6 is 0 Å². The Bertz CT molecular complexity index is 995. The highest BCUT2D eigenvalue weighted by molar-refractivity contribution is 5.89. The number of nitro groups is 2. The Morgan fingerprint density at radius 2 is 1.43 bits per heavy atom. The number of nitrogens with zero attached hydrogens (tertiary/aromatic N) is 3. The minimum Gasteiger partial charge on any atom is -0.272 e. The van der Waals surface area contributed by atoms with Gasteiger partial charge in [-0.25, -0.2) is 0 Å². The van der Waals surface area contributed by atoms with Crippen LogP contribution in [0.3, 0.4) is 0 Å². The molecule has 3 aromatic rings. The molecule has 0 fully saturated rings. The topological polar surface area (TPSA) is 108 Å². The zero-order valence-corrected chi connectivity index (χ0v) is 11.6. The number of fused-ring (bicyclic) bond motifs is 1. The van der Waals surface area contributed by atoms with Crippen molar-refractivity contribution in [1.82, 2.24) is 4.40 Å². The Kier molecular flexibility index (Phi) is 3.34. The molecule has 0 N–H and O–H groups in total. The standard InChI is InChI=1S/C15H9N3O5/c19-15-14(18(22)23)12(10-6-2-1-3-7-10)13(17(20)21)11-8-4-5-9-16(11)15/h1-9H. The van der Waals surface area contributed by atoms with Crippen molar-refractivity contribution in [3.05, 3.63) is 85.3 Å². The molecule has 114 valence electrons. The van der Waals surface area contributed by atoms with Crippen molar-refractivity contribution in [2.75, 3.05) is 0 Å². The Hall–Kier alpha value is -3.55. The fourth-order valence-electron chi connectivity index (χ4n) is 2.51. The van der Waals surface area contributed by atoms with E-state index in [1.165, 1.54) is 36.5 Å². The lowest BCUT2D eigenvalue weighted by atomic mass is 10.0. The van der Waals surface area contributed by atoms with Gasteiger partial charge in [-0.3, -0.25) is 29.4 Å². The quantitative estimate of drug-likeness (QED) is 0.546. The third-order valence-corrected chi connectivity index (χ3v) is 3.43. The lowest BCUT2D eigenvalue weighted by molar-refractivity contribution is -0.393. The predicted octanol–water partition coefficient (Wildman–Crippen LogP) is 2.78. The Morgan fingerprint density at radius 1 is 0.826 bits per heavy atom. The van der Waals surface area contributed by atoms with E-state index in [1.54, 1.807) is 18.2 Å². The molecule has 8 nitrogen and oxygen atoms in total. The SMILES string of the molecule is O=c1c([N+](=O)[O-])c(-c2ccccc2)c([N+](=O)[O-])c2ccccn12. The first-order valence-electron chi connectivity index (χ1n) is 6.54. The first-order valence-corrected chi connectivity index (χ1v) is 6.54. The molecule has 0 bridgehead atoms. The molecule has 0 amide bonds. The maximum atomic E-state index is 12.4. The van der Waals surface area contributed by atoms with Gasteiger partial charge < -0.3 is 0 Å². The Labute approximate surface area is 128 Å². The van der Waals surface area contributed by atoms with Crippen LogP contribution in [-0.4, -0.2) is 14.2 Å². The van der Waals surface area contributed by atoms with E-state index in [0.717, 1.165) is 4.40 Å². The molecule has 0 saturated carbocycles. The van der Waals surface area contributed by atoms with Crippen LogP contribution in [0.5, 0.6) is 0 Å². The molecule has 0 spiro atoms. The van der Waals surface area contributed by atoms with Gasteiger partial charge in [-0.15, -0.1) is 0 Å². The van der Waals surface area contributed by atoms with E-state index in [0.29, 0.717) is 0 Å². The lowest BCUT2D eigenvalue weighted by Crippen LogP contribution is -2.19. The van der Waals surface area contributed by atoms with Crippen LogP contribution in [0.4, 0.5) is 11.4 Å². The first-order chi connectivity index (χ1) is 11.0. The Morgan fingerprint density at radius 3 is 2.04 bits per heavy atom. The average Bonchev–Trinajstić information content (AvgIpc) is 2.54. The molecule has 0 unspecified atom stereocenters. The van der Waals surface area contributed by atoms with E-state index in [-0.39, 0.29) is 16.6 Å². The summed E-state index contributed by atoms with van der Waals surface area (Å²) < 4.78 is 0.919. The fourth-order valence-corrected chi connectivity index (χ4v) is 2.51. The maximum Gasteiger partial charge on any atom is 0.349 e. The highest BCUT2D eigenvalue weighted by Gasteiger charge is 2.33. The first kappa shape index (κ1) is 14.4. The minimum atomic E-state index is -0.907. The van der Waals surface area contributed by atoms with Gasteiger partial charge in [0.1, 0.15) is 11.1 Å². The maximum absolute atomic E-state index is 12.4. The van der Waals surface area contributed by atoms with Crippen LogP contribution in [0.25, 0.3) is 16.6 Å². The van der Waals surface area contributed by atoms with E-state index in [4.69, 9.17) is 0 Å². The van der Waals surface area contributed by atoms with Crippen molar-refractivity contribution in [3.8, 4) is 11.1 Å². The number of hydrogen-bond acceptors (Lipinski definition) is 5. The summed E-state index contributed by atoms with van der Waals surface area (Å²) >= 11 is 0. The fraction of sp³-hybridized carbons (Fsp3) is 0. The summed E-state index contributed by atoms with van der Waals surface area (Å²) in [6.07, 6.45) is 1.27. The molecule has 3 rings (SSSR count). The van der Waals surface area contributed by atoms with E-state index in [9.17, 15) is 25.0 Å². The van der Waals surface area contributed by atoms with Gasteiger partial charge in [0, 0.05) is 6.20 Å². The van der Waals surface area contributed by atoms with Crippen molar-refractivity contribution in [2.45, 2.75) is 0 Å². The van der Waals surface area contributed by atoms with E-state index in [1.807, 2.05) is 0 Å². The van der Waals surface area contributed by atoms with Gasteiger partial charge in [0.25, 0.3) is 0 Å². The molecule has 0 aliphatic carbocycles. The number of hydrogen-bond donors (Lipinski definition) is 0. The summed E-state index contributed by atoms with van der Waals surface area (Å²) in [5, 5.41) is 23.0. The zero-order chi connectivity index (χ0) is 16.6. The molecule has 0 aliphatic rings. The smallest absolute Gasteiger partial charge is 0.272 e. The molecular formula is C15H9N3O5. The normalized spacial score (nSPS) is 10.6. The van der Waals surface area contributed by atoms with Crippen LogP contribution in [0, 0.1) is 20.2 Å². The van der Waals surface area contributed by atoms with Crippen LogP contribution in [0.1, 0.15) is 0 Å². The molecule has 1 aromatic carbocycles. The number of aromatic nitrogens is 1. The molecule has 8 heteroatoms. The summed E-state index contributed by atoms with van der Waals surface area (Å²) in [4.78, 5) is 33.8. The van der Waals surface area contributed by atoms with E-state index in [2.05, 4.69) is 0 Å². The summed E-state index contributed by atoms with van der Waals surface area (Å²) in [7, 11) is 0. The average molecular weight is 311 g/mol. The number of pyridine rings is 2. The summed E-state index contributed by atoms with van der Waals surface area (Å²) in [6.45, 7) is 0. The third-order valence-electron chi connectivity index (χ3n) is 3.43. The van der Waals surface area contributed by atoms with E-state index >= 15 is 0 Å². The van der Waals surface area contributed by atoms with Gasteiger partial charge in [0.15, 0.2) is 0 Å². The monoisotopic (exact) mass is 311 g/mol. The van der Waals surface area contributed by atoms with Crippen molar-refractivity contribution >= 4 is 16.9 Å². The van der Waals surface area contributed by atoms with Crippen LogP contribution in [0.15, 0.2) is 59.5 Å². The van der Waals surface area contributed by atoms with Crippen molar-refractivity contribution in [3.63, 3.8) is 0 Å². The van der Waals surface area contributed by atoms with Crippen LogP contribution in [-0.2, 0) is 0 Å². The number of rotatable bonds is 3. The van der Waals surface area contributed by atoms with Gasteiger partial charge >= 0.3 is 16.9 Å². The summed E-state index contributed by atoms with van der Waals surface area (Å²) in [5.41, 5.74) is -2.22. The van der Waals surface area contributed by atoms with Gasteiger partial charge in [-0.1, -0.05) is 36.4 Å². The highest BCUT2D eigenvalue weighted by Crippen LogP contribution is 2.38. The zero-order valence-electron chi connectivity index (χ0n) is 11.6. The van der Waals surface area contributed by atoms with Crippen molar-refractivity contribution < 1.29 is 9.85 Å². The molecule has 0 atom stereocenters. The summed E-state index contributed by atoms with van der Waals surface area (Å²) in [5.74, 6) is 0. The summed E-state index contributed by atoms with van der Waals surface area (Å²) in [6, 6.07) is 12.2. The van der Waals surface area contributed by atoms with Gasteiger partial charge in [0.05, 0.1) is 9.85 Å². The van der Waals surface area contributed by atoms with E-state index < -0.39 is 26.8 Å². The Balaban J connectivity index is 2.62. The molecule has 23 heavy (non-hydrogen) atoms. The number of benzene rings is 1. The molecular weight excluding hydrogens is 302 g/mol. The van der Waals surface area contributed by atoms with Crippen molar-refractivity contribution in [2.24, 2.45) is 0 Å². The second-order valence-corrected chi connectivity index (χ2v) is 4.71. The van der Waals surface area contributed by atoms with Crippen molar-refractivity contribution in [1.29, 1.82) is 0 Å².